The highest BCUT2D eigenvalue weighted by molar-refractivity contribution is 7.08. The van der Waals surface area contributed by atoms with E-state index in [1.807, 2.05) is 35.4 Å². The zero-order valence-corrected chi connectivity index (χ0v) is 13.5. The van der Waals surface area contributed by atoms with Gasteiger partial charge in [-0.15, -0.1) is 0 Å². The molecule has 0 unspecified atom stereocenters. The Labute approximate surface area is 134 Å². The Morgan fingerprint density at radius 3 is 2.73 bits per heavy atom. The minimum atomic E-state index is 0.0539. The highest BCUT2D eigenvalue weighted by Crippen LogP contribution is 2.23. The fraction of sp³-hybridized carbons (Fsp3) is 0.412. The van der Waals surface area contributed by atoms with Crippen LogP contribution in [0.5, 0.6) is 0 Å². The number of carbonyl (C=O) groups excluding carboxylic acids is 1. The van der Waals surface area contributed by atoms with Crippen molar-refractivity contribution in [2.24, 2.45) is 5.92 Å². The van der Waals surface area contributed by atoms with Crippen LogP contribution in [0.3, 0.4) is 0 Å². The molecule has 3 heterocycles. The molecule has 0 aliphatic carbocycles. The van der Waals surface area contributed by atoms with Crippen molar-refractivity contribution in [3.63, 3.8) is 0 Å². The summed E-state index contributed by atoms with van der Waals surface area (Å²) >= 11 is 1.64. The first-order valence-corrected chi connectivity index (χ1v) is 8.53. The summed E-state index contributed by atoms with van der Waals surface area (Å²) in [5.41, 5.74) is 3.46. The molecule has 0 saturated carbocycles. The SMILES string of the molecule is Cc1nc(-c2ccsc2)ccc1C(=O)N1CCC(CO)CC1. The van der Waals surface area contributed by atoms with Crippen LogP contribution < -0.4 is 0 Å². The molecule has 1 amide bonds. The molecule has 3 rings (SSSR count). The molecule has 2 aromatic rings. The number of aromatic nitrogens is 1. The molecule has 1 aliphatic heterocycles. The Morgan fingerprint density at radius 2 is 2.14 bits per heavy atom. The molecule has 0 atom stereocenters. The van der Waals surface area contributed by atoms with Crippen LogP contribution in [-0.2, 0) is 0 Å². The summed E-state index contributed by atoms with van der Waals surface area (Å²) in [6, 6.07) is 5.84. The van der Waals surface area contributed by atoms with Crippen molar-refractivity contribution in [2.75, 3.05) is 19.7 Å². The molecular weight excluding hydrogens is 296 g/mol. The Hall–Kier alpha value is -1.72. The van der Waals surface area contributed by atoms with Gasteiger partial charge in [0.15, 0.2) is 0 Å². The van der Waals surface area contributed by atoms with Gasteiger partial charge >= 0.3 is 0 Å². The Bertz CT molecular complexity index is 647. The van der Waals surface area contributed by atoms with E-state index in [0.29, 0.717) is 11.5 Å². The van der Waals surface area contributed by atoms with Gasteiger partial charge in [0.2, 0.25) is 0 Å². The normalized spacial score (nSPS) is 16.0. The summed E-state index contributed by atoms with van der Waals surface area (Å²) in [4.78, 5) is 19.1. The number of rotatable bonds is 3. The van der Waals surface area contributed by atoms with Gasteiger partial charge < -0.3 is 10.0 Å². The van der Waals surface area contributed by atoms with Crippen molar-refractivity contribution in [1.82, 2.24) is 9.88 Å². The van der Waals surface area contributed by atoms with E-state index < -0.39 is 0 Å². The third-order valence-corrected chi connectivity index (χ3v) is 4.98. The molecule has 1 saturated heterocycles. The van der Waals surface area contributed by atoms with Crippen LogP contribution in [0.4, 0.5) is 0 Å². The van der Waals surface area contributed by atoms with E-state index in [-0.39, 0.29) is 12.5 Å². The predicted molar refractivity (Wildman–Crippen MR) is 88.0 cm³/mol. The average Bonchev–Trinajstić information content (AvgIpc) is 3.09. The number of hydrogen-bond acceptors (Lipinski definition) is 4. The number of aliphatic hydroxyl groups excluding tert-OH is 1. The molecule has 1 fully saturated rings. The quantitative estimate of drug-likeness (QED) is 0.947. The van der Waals surface area contributed by atoms with E-state index in [1.54, 1.807) is 11.3 Å². The number of pyridine rings is 1. The van der Waals surface area contributed by atoms with Gasteiger partial charge in [0.25, 0.3) is 5.91 Å². The van der Waals surface area contributed by atoms with Crippen molar-refractivity contribution in [3.05, 3.63) is 40.2 Å². The lowest BCUT2D eigenvalue weighted by Crippen LogP contribution is -2.39. The molecule has 4 nitrogen and oxygen atoms in total. The first-order chi connectivity index (χ1) is 10.7. The van der Waals surface area contributed by atoms with Crippen molar-refractivity contribution in [1.29, 1.82) is 0 Å². The van der Waals surface area contributed by atoms with Crippen LogP contribution in [0.25, 0.3) is 11.3 Å². The summed E-state index contributed by atoms with van der Waals surface area (Å²) in [7, 11) is 0. The van der Waals surface area contributed by atoms with Gasteiger partial charge in [-0.3, -0.25) is 9.78 Å². The van der Waals surface area contributed by atoms with Crippen LogP contribution in [0.15, 0.2) is 29.0 Å². The summed E-state index contributed by atoms with van der Waals surface area (Å²) in [6.07, 6.45) is 1.75. The summed E-state index contributed by atoms with van der Waals surface area (Å²) in [6.45, 7) is 3.55. The maximum Gasteiger partial charge on any atom is 0.255 e. The van der Waals surface area contributed by atoms with Crippen LogP contribution in [0.2, 0.25) is 0 Å². The number of aliphatic hydroxyl groups is 1. The molecule has 2 aromatic heterocycles. The average molecular weight is 316 g/mol. The molecule has 1 aliphatic rings. The van der Waals surface area contributed by atoms with E-state index in [9.17, 15) is 9.90 Å². The zero-order valence-electron chi connectivity index (χ0n) is 12.7. The second-order valence-corrected chi connectivity index (χ2v) is 6.54. The second-order valence-electron chi connectivity index (χ2n) is 5.76. The van der Waals surface area contributed by atoms with Crippen LogP contribution in [0, 0.1) is 12.8 Å². The smallest absolute Gasteiger partial charge is 0.255 e. The van der Waals surface area contributed by atoms with Crippen molar-refractivity contribution >= 4 is 17.2 Å². The molecule has 5 heteroatoms. The minimum Gasteiger partial charge on any atom is -0.396 e. The lowest BCUT2D eigenvalue weighted by Gasteiger charge is -2.31. The largest absolute Gasteiger partial charge is 0.396 e. The second kappa shape index (κ2) is 6.58. The number of carbonyl (C=O) groups is 1. The summed E-state index contributed by atoms with van der Waals surface area (Å²) in [5.74, 6) is 0.391. The number of amides is 1. The fourth-order valence-corrected chi connectivity index (χ4v) is 3.50. The predicted octanol–water partition coefficient (Wildman–Crippen LogP) is 2.96. The number of likely N-dealkylation sites (tertiary alicyclic amines) is 1. The van der Waals surface area contributed by atoms with E-state index in [4.69, 9.17) is 0 Å². The number of piperidine rings is 1. The zero-order chi connectivity index (χ0) is 15.5. The van der Waals surface area contributed by atoms with E-state index in [1.165, 1.54) is 0 Å². The van der Waals surface area contributed by atoms with Gasteiger partial charge in [0, 0.05) is 30.6 Å². The van der Waals surface area contributed by atoms with Gasteiger partial charge in [-0.2, -0.15) is 11.3 Å². The Kier molecular flexibility index (Phi) is 4.55. The molecule has 22 heavy (non-hydrogen) atoms. The number of thiophene rings is 1. The third kappa shape index (κ3) is 3.05. The minimum absolute atomic E-state index is 0.0539. The number of aryl methyl sites for hydroxylation is 1. The maximum atomic E-state index is 12.6. The highest BCUT2D eigenvalue weighted by atomic mass is 32.1. The molecular formula is C17H20N2O2S. The topological polar surface area (TPSA) is 53.4 Å². The molecule has 0 bridgehead atoms. The molecule has 0 aromatic carbocycles. The Balaban J connectivity index is 1.76. The lowest BCUT2D eigenvalue weighted by molar-refractivity contribution is 0.0649. The monoisotopic (exact) mass is 316 g/mol. The maximum absolute atomic E-state index is 12.6. The third-order valence-electron chi connectivity index (χ3n) is 4.29. The van der Waals surface area contributed by atoms with Crippen molar-refractivity contribution in [2.45, 2.75) is 19.8 Å². The summed E-state index contributed by atoms with van der Waals surface area (Å²) in [5, 5.41) is 13.3. The van der Waals surface area contributed by atoms with Crippen LogP contribution in [-0.4, -0.2) is 40.6 Å². The van der Waals surface area contributed by atoms with Gasteiger partial charge in [-0.1, -0.05) is 0 Å². The van der Waals surface area contributed by atoms with Gasteiger partial charge in [-0.25, -0.2) is 0 Å². The molecule has 1 N–H and O–H groups in total. The van der Waals surface area contributed by atoms with Crippen LogP contribution in [0.1, 0.15) is 28.9 Å². The summed E-state index contributed by atoms with van der Waals surface area (Å²) < 4.78 is 0. The van der Waals surface area contributed by atoms with Crippen molar-refractivity contribution < 1.29 is 9.90 Å². The van der Waals surface area contributed by atoms with Crippen molar-refractivity contribution in [3.8, 4) is 11.3 Å². The van der Waals surface area contributed by atoms with Crippen LogP contribution >= 0.6 is 11.3 Å². The van der Waals surface area contributed by atoms with E-state index >= 15 is 0 Å². The van der Waals surface area contributed by atoms with E-state index in [0.717, 1.165) is 42.9 Å². The first kappa shape index (κ1) is 15.2. The molecule has 0 spiro atoms. The first-order valence-electron chi connectivity index (χ1n) is 7.59. The Morgan fingerprint density at radius 1 is 1.36 bits per heavy atom. The van der Waals surface area contributed by atoms with E-state index in [2.05, 4.69) is 10.4 Å². The number of hydrogen-bond donors (Lipinski definition) is 1. The highest BCUT2D eigenvalue weighted by Gasteiger charge is 2.24. The standard InChI is InChI=1S/C17H20N2O2S/c1-12-15(2-3-16(18-12)14-6-9-22-11-14)17(21)19-7-4-13(10-20)5-8-19/h2-3,6,9,11,13,20H,4-5,7-8,10H2,1H3. The van der Waals surface area contributed by atoms with Gasteiger partial charge in [0.1, 0.15) is 0 Å². The lowest BCUT2D eigenvalue weighted by atomic mass is 9.97. The fourth-order valence-electron chi connectivity index (χ4n) is 2.85. The van der Waals surface area contributed by atoms with Gasteiger partial charge in [-0.05, 0) is 49.3 Å². The van der Waals surface area contributed by atoms with Gasteiger partial charge in [0.05, 0.1) is 17.0 Å². The molecule has 0 radical (unpaired) electrons. The number of nitrogens with zero attached hydrogens (tertiary/aromatic N) is 2. The molecule has 116 valence electrons.